The van der Waals surface area contributed by atoms with E-state index in [-0.39, 0.29) is 12.2 Å². The number of morpholine rings is 2. The summed E-state index contributed by atoms with van der Waals surface area (Å²) in [6.07, 6.45) is 2.61. The molecule has 3 saturated heterocycles. The quantitative estimate of drug-likeness (QED) is 0.590. The molecule has 0 spiro atoms. The minimum absolute atomic E-state index is 0.141. The van der Waals surface area contributed by atoms with Gasteiger partial charge in [0.1, 0.15) is 6.10 Å². The van der Waals surface area contributed by atoms with Crippen LogP contribution in [0.15, 0.2) is 22.5 Å². The minimum atomic E-state index is 0.141. The number of ether oxygens (including phenoxy) is 3. The monoisotopic (exact) mass is 408 g/mol. The number of hydrogen-bond acceptors (Lipinski definition) is 6. The van der Waals surface area contributed by atoms with Crippen molar-refractivity contribution in [2.75, 3.05) is 66.2 Å². The van der Waals surface area contributed by atoms with Crippen LogP contribution in [0.2, 0.25) is 0 Å². The van der Waals surface area contributed by atoms with Crippen LogP contribution in [0.4, 0.5) is 0 Å². The van der Waals surface area contributed by atoms with Gasteiger partial charge in [-0.3, -0.25) is 9.89 Å². The molecule has 3 aliphatic heterocycles. The van der Waals surface area contributed by atoms with Crippen molar-refractivity contribution in [3.63, 3.8) is 0 Å². The Morgan fingerprint density at radius 3 is 2.79 bits per heavy atom. The summed E-state index contributed by atoms with van der Waals surface area (Å²) in [6.45, 7) is 7.70. The van der Waals surface area contributed by atoms with E-state index in [0.717, 1.165) is 78.0 Å². The fourth-order valence-corrected chi connectivity index (χ4v) is 5.15. The fourth-order valence-electron chi connectivity index (χ4n) is 4.29. The molecule has 0 aromatic carbocycles. The molecular weight excluding hydrogens is 376 g/mol. The Hall–Kier alpha value is -1.19. The van der Waals surface area contributed by atoms with E-state index < -0.39 is 0 Å². The van der Waals surface area contributed by atoms with Crippen LogP contribution in [-0.4, -0.2) is 94.2 Å². The van der Waals surface area contributed by atoms with Crippen molar-refractivity contribution in [1.82, 2.24) is 15.1 Å². The molecule has 3 aliphatic rings. The number of thiophene rings is 1. The summed E-state index contributed by atoms with van der Waals surface area (Å²) < 4.78 is 17.4. The first-order valence-electron chi connectivity index (χ1n) is 10.4. The molecule has 4 rings (SSSR count). The van der Waals surface area contributed by atoms with Gasteiger partial charge in [0, 0.05) is 51.3 Å². The van der Waals surface area contributed by atoms with Crippen LogP contribution in [0.5, 0.6) is 0 Å². The zero-order valence-corrected chi connectivity index (χ0v) is 17.5. The van der Waals surface area contributed by atoms with Gasteiger partial charge in [0.05, 0.1) is 32.0 Å². The zero-order valence-electron chi connectivity index (χ0n) is 16.7. The summed E-state index contributed by atoms with van der Waals surface area (Å²) in [5, 5.41) is 5.80. The van der Waals surface area contributed by atoms with Crippen LogP contribution in [0.1, 0.15) is 23.8 Å². The number of nitrogens with one attached hydrogen (secondary N) is 1. The lowest BCUT2D eigenvalue weighted by molar-refractivity contribution is -0.0817. The van der Waals surface area contributed by atoms with Crippen molar-refractivity contribution in [1.29, 1.82) is 0 Å². The molecule has 4 heterocycles. The van der Waals surface area contributed by atoms with E-state index in [0.29, 0.717) is 6.04 Å². The summed E-state index contributed by atoms with van der Waals surface area (Å²) in [5.74, 6) is 0.959. The van der Waals surface area contributed by atoms with E-state index in [4.69, 9.17) is 14.2 Å². The summed E-state index contributed by atoms with van der Waals surface area (Å²) in [4.78, 5) is 10.8. The lowest BCUT2D eigenvalue weighted by Crippen LogP contribution is -2.54. The van der Waals surface area contributed by atoms with Gasteiger partial charge >= 0.3 is 0 Å². The van der Waals surface area contributed by atoms with Gasteiger partial charge in [0.15, 0.2) is 5.96 Å². The second-order valence-electron chi connectivity index (χ2n) is 7.51. The second kappa shape index (κ2) is 10.0. The lowest BCUT2D eigenvalue weighted by Gasteiger charge is -2.38. The molecule has 8 heteroatoms. The Kier molecular flexibility index (Phi) is 7.20. The summed E-state index contributed by atoms with van der Waals surface area (Å²) in [6, 6.07) is 4.71. The molecule has 0 bridgehead atoms. The molecule has 1 aromatic heterocycles. The second-order valence-corrected chi connectivity index (χ2v) is 8.49. The molecule has 0 radical (unpaired) electrons. The first kappa shape index (κ1) is 20.1. The van der Waals surface area contributed by atoms with Gasteiger partial charge in [0.25, 0.3) is 0 Å². The van der Waals surface area contributed by atoms with Crippen LogP contribution in [-0.2, 0) is 14.2 Å². The third-order valence-electron chi connectivity index (χ3n) is 5.80. The molecule has 3 atom stereocenters. The molecule has 1 aromatic rings. The van der Waals surface area contributed by atoms with Gasteiger partial charge in [-0.2, -0.15) is 0 Å². The highest BCUT2D eigenvalue weighted by molar-refractivity contribution is 7.10. The van der Waals surface area contributed by atoms with Crippen molar-refractivity contribution < 1.29 is 14.2 Å². The SMILES string of the molecule is CN=C(NCC(c1cccs1)N1CCOCC1)N1CCOC(C2CCCO2)C1. The maximum atomic E-state index is 6.00. The molecule has 3 fully saturated rings. The first-order valence-corrected chi connectivity index (χ1v) is 11.3. The molecule has 0 saturated carbocycles. The highest BCUT2D eigenvalue weighted by Gasteiger charge is 2.32. The number of hydrogen-bond donors (Lipinski definition) is 1. The Bertz CT molecular complexity index is 615. The van der Waals surface area contributed by atoms with Gasteiger partial charge in [-0.1, -0.05) is 6.07 Å². The fraction of sp³-hybridized carbons (Fsp3) is 0.750. The molecule has 3 unspecified atom stereocenters. The van der Waals surface area contributed by atoms with Gasteiger partial charge in [-0.15, -0.1) is 11.3 Å². The molecule has 7 nitrogen and oxygen atoms in total. The maximum Gasteiger partial charge on any atom is 0.193 e. The third-order valence-corrected chi connectivity index (χ3v) is 6.77. The van der Waals surface area contributed by atoms with Gasteiger partial charge < -0.3 is 24.4 Å². The van der Waals surface area contributed by atoms with Crippen LogP contribution < -0.4 is 5.32 Å². The van der Waals surface area contributed by atoms with E-state index in [1.165, 1.54) is 4.88 Å². The Balaban J connectivity index is 1.37. The highest BCUT2D eigenvalue weighted by atomic mass is 32.1. The molecular formula is C20H32N4O3S. The summed E-state index contributed by atoms with van der Waals surface area (Å²) in [5.41, 5.74) is 0. The first-order chi connectivity index (χ1) is 13.8. The van der Waals surface area contributed by atoms with E-state index in [9.17, 15) is 0 Å². The van der Waals surface area contributed by atoms with E-state index in [1.807, 2.05) is 18.4 Å². The lowest BCUT2D eigenvalue weighted by atomic mass is 10.1. The highest BCUT2D eigenvalue weighted by Crippen LogP contribution is 2.26. The van der Waals surface area contributed by atoms with Crippen LogP contribution in [0.3, 0.4) is 0 Å². The Morgan fingerprint density at radius 2 is 2.07 bits per heavy atom. The molecule has 28 heavy (non-hydrogen) atoms. The molecule has 0 amide bonds. The summed E-state index contributed by atoms with van der Waals surface area (Å²) in [7, 11) is 1.87. The predicted molar refractivity (Wildman–Crippen MR) is 111 cm³/mol. The van der Waals surface area contributed by atoms with Crippen LogP contribution >= 0.6 is 11.3 Å². The van der Waals surface area contributed by atoms with Gasteiger partial charge in [0.2, 0.25) is 0 Å². The number of guanidine groups is 1. The minimum Gasteiger partial charge on any atom is -0.379 e. The Labute approximate surface area is 171 Å². The van der Waals surface area contributed by atoms with Crippen LogP contribution in [0, 0.1) is 0 Å². The molecule has 0 aliphatic carbocycles. The number of nitrogens with zero attached hydrogens (tertiary/aromatic N) is 3. The van der Waals surface area contributed by atoms with Crippen molar-refractivity contribution >= 4 is 17.3 Å². The average molecular weight is 409 g/mol. The predicted octanol–water partition coefficient (Wildman–Crippen LogP) is 1.58. The topological polar surface area (TPSA) is 58.6 Å². The average Bonchev–Trinajstić information content (AvgIpc) is 3.46. The maximum absolute atomic E-state index is 6.00. The smallest absolute Gasteiger partial charge is 0.193 e. The van der Waals surface area contributed by atoms with Gasteiger partial charge in [-0.05, 0) is 24.3 Å². The van der Waals surface area contributed by atoms with Crippen molar-refractivity contribution in [3.8, 4) is 0 Å². The van der Waals surface area contributed by atoms with E-state index in [2.05, 4.69) is 37.6 Å². The van der Waals surface area contributed by atoms with Gasteiger partial charge in [-0.25, -0.2) is 0 Å². The van der Waals surface area contributed by atoms with Crippen molar-refractivity contribution in [2.24, 2.45) is 4.99 Å². The van der Waals surface area contributed by atoms with E-state index >= 15 is 0 Å². The standard InChI is InChI=1S/C20H32N4O3S/c1-21-20(24-8-12-27-18(15-24)17-4-2-9-26-17)22-14-16(19-5-3-13-28-19)23-6-10-25-11-7-23/h3,5,13,16-18H,2,4,6-12,14-15H2,1H3,(H,21,22). The summed E-state index contributed by atoms with van der Waals surface area (Å²) >= 11 is 1.82. The zero-order chi connectivity index (χ0) is 19.2. The van der Waals surface area contributed by atoms with Crippen LogP contribution in [0.25, 0.3) is 0 Å². The number of aliphatic imine (C=N–C) groups is 1. The van der Waals surface area contributed by atoms with E-state index in [1.54, 1.807) is 0 Å². The van der Waals surface area contributed by atoms with Crippen molar-refractivity contribution in [2.45, 2.75) is 31.1 Å². The number of rotatable bonds is 5. The largest absolute Gasteiger partial charge is 0.379 e. The normalized spacial score (nSPS) is 28.5. The third kappa shape index (κ3) is 4.86. The van der Waals surface area contributed by atoms with Crippen molar-refractivity contribution in [3.05, 3.63) is 22.4 Å². The molecule has 1 N–H and O–H groups in total. The Morgan fingerprint density at radius 1 is 1.21 bits per heavy atom. The molecule has 156 valence electrons.